The number of hydrogen-bond donors (Lipinski definition) is 2. The summed E-state index contributed by atoms with van der Waals surface area (Å²) in [6, 6.07) is 13.2. The van der Waals surface area contributed by atoms with E-state index in [1.54, 1.807) is 14.2 Å². The number of ether oxygens (including phenoxy) is 2. The van der Waals surface area contributed by atoms with E-state index < -0.39 is 0 Å². The number of aliphatic hydroxyl groups is 1. The summed E-state index contributed by atoms with van der Waals surface area (Å²) in [6.45, 7) is -0.0309. The number of halogens is 1. The highest BCUT2D eigenvalue weighted by Crippen LogP contribution is 2.32. The van der Waals surface area contributed by atoms with Crippen molar-refractivity contribution in [1.82, 2.24) is 0 Å². The molecule has 0 aliphatic heterocycles. The molecule has 2 aromatic rings. The lowest BCUT2D eigenvalue weighted by atomic mass is 10.1. The highest BCUT2D eigenvalue weighted by atomic mass is 79.9. The molecule has 0 aliphatic carbocycles. The molecule has 1 unspecified atom stereocenters. The van der Waals surface area contributed by atoms with Gasteiger partial charge in [0.2, 0.25) is 0 Å². The Morgan fingerprint density at radius 3 is 2.43 bits per heavy atom. The van der Waals surface area contributed by atoms with Crippen LogP contribution >= 0.6 is 15.9 Å². The first-order valence-corrected chi connectivity index (χ1v) is 7.32. The second kappa shape index (κ2) is 7.33. The van der Waals surface area contributed by atoms with Crippen LogP contribution in [-0.2, 0) is 0 Å². The van der Waals surface area contributed by atoms with Gasteiger partial charge in [-0.05, 0) is 45.8 Å². The van der Waals surface area contributed by atoms with E-state index in [4.69, 9.17) is 9.47 Å². The maximum Gasteiger partial charge on any atom is 0.161 e. The molecule has 2 aromatic carbocycles. The van der Waals surface area contributed by atoms with Crippen LogP contribution in [0.25, 0.3) is 0 Å². The fraction of sp³-hybridized carbons (Fsp3) is 0.250. The van der Waals surface area contributed by atoms with Crippen molar-refractivity contribution in [2.24, 2.45) is 0 Å². The Bertz CT molecular complexity index is 604. The number of rotatable bonds is 6. The van der Waals surface area contributed by atoms with Crippen LogP contribution in [0.3, 0.4) is 0 Å². The van der Waals surface area contributed by atoms with E-state index in [-0.39, 0.29) is 12.6 Å². The number of methoxy groups -OCH3 is 2. The van der Waals surface area contributed by atoms with Gasteiger partial charge in [0.1, 0.15) is 0 Å². The third-order valence-electron chi connectivity index (χ3n) is 3.20. The zero-order chi connectivity index (χ0) is 15.2. The summed E-state index contributed by atoms with van der Waals surface area (Å²) in [5, 5.41) is 13.0. The predicted molar refractivity (Wildman–Crippen MR) is 87.1 cm³/mol. The first kappa shape index (κ1) is 15.7. The molecule has 2 rings (SSSR count). The molecule has 0 saturated heterocycles. The Hall–Kier alpha value is -1.72. The Morgan fingerprint density at radius 1 is 1.10 bits per heavy atom. The van der Waals surface area contributed by atoms with Crippen molar-refractivity contribution in [3.63, 3.8) is 0 Å². The van der Waals surface area contributed by atoms with Gasteiger partial charge in [-0.15, -0.1) is 0 Å². The number of anilines is 1. The lowest BCUT2D eigenvalue weighted by molar-refractivity contribution is 0.275. The summed E-state index contributed by atoms with van der Waals surface area (Å²) in [4.78, 5) is 0. The van der Waals surface area contributed by atoms with Gasteiger partial charge in [0.05, 0.1) is 26.9 Å². The van der Waals surface area contributed by atoms with Crippen molar-refractivity contribution in [1.29, 1.82) is 0 Å². The van der Waals surface area contributed by atoms with E-state index in [0.29, 0.717) is 11.5 Å². The molecule has 0 aliphatic rings. The first-order chi connectivity index (χ1) is 10.2. The molecule has 21 heavy (non-hydrogen) atoms. The molecule has 0 fully saturated rings. The van der Waals surface area contributed by atoms with Gasteiger partial charge in [0.15, 0.2) is 11.5 Å². The minimum Gasteiger partial charge on any atom is -0.493 e. The average molecular weight is 352 g/mol. The predicted octanol–water partition coefficient (Wildman–Crippen LogP) is 3.61. The molecular weight excluding hydrogens is 334 g/mol. The van der Waals surface area contributed by atoms with Crippen molar-refractivity contribution in [2.45, 2.75) is 6.04 Å². The van der Waals surface area contributed by atoms with Crippen molar-refractivity contribution >= 4 is 21.6 Å². The SMILES string of the molecule is COc1ccc(C(CO)Nc2ccccc2Br)cc1OC. The lowest BCUT2D eigenvalue weighted by Crippen LogP contribution is -2.15. The minimum atomic E-state index is -0.233. The normalized spacial score (nSPS) is 11.8. The van der Waals surface area contributed by atoms with Crippen molar-refractivity contribution in [3.8, 4) is 11.5 Å². The molecule has 112 valence electrons. The zero-order valence-corrected chi connectivity index (χ0v) is 13.6. The van der Waals surface area contributed by atoms with Crippen LogP contribution in [0.5, 0.6) is 11.5 Å². The molecule has 1 atom stereocenters. The smallest absolute Gasteiger partial charge is 0.161 e. The monoisotopic (exact) mass is 351 g/mol. The van der Waals surface area contributed by atoms with Gasteiger partial charge in [0, 0.05) is 10.2 Å². The van der Waals surface area contributed by atoms with Crippen LogP contribution in [0.1, 0.15) is 11.6 Å². The summed E-state index contributed by atoms with van der Waals surface area (Å²) in [7, 11) is 3.19. The third-order valence-corrected chi connectivity index (χ3v) is 3.89. The van der Waals surface area contributed by atoms with Crippen molar-refractivity contribution < 1.29 is 14.6 Å². The summed E-state index contributed by atoms with van der Waals surface area (Å²) in [6.07, 6.45) is 0. The number of benzene rings is 2. The van der Waals surface area contributed by atoms with Crippen LogP contribution in [0, 0.1) is 0 Å². The first-order valence-electron chi connectivity index (χ1n) is 6.53. The Balaban J connectivity index is 2.27. The molecular formula is C16H18BrNO3. The van der Waals surface area contributed by atoms with Crippen LogP contribution in [0.4, 0.5) is 5.69 Å². The summed E-state index contributed by atoms with van der Waals surface area (Å²) >= 11 is 3.49. The molecule has 0 amide bonds. The van der Waals surface area contributed by atoms with E-state index in [9.17, 15) is 5.11 Å². The lowest BCUT2D eigenvalue weighted by Gasteiger charge is -2.20. The Morgan fingerprint density at radius 2 is 1.81 bits per heavy atom. The fourth-order valence-corrected chi connectivity index (χ4v) is 2.47. The molecule has 0 spiro atoms. The molecule has 4 nitrogen and oxygen atoms in total. The summed E-state index contributed by atoms with van der Waals surface area (Å²) in [5.41, 5.74) is 1.84. The van der Waals surface area contributed by atoms with Gasteiger partial charge < -0.3 is 19.9 Å². The van der Waals surface area contributed by atoms with Crippen LogP contribution in [-0.4, -0.2) is 25.9 Å². The molecule has 0 aromatic heterocycles. The van der Waals surface area contributed by atoms with Crippen LogP contribution in [0.15, 0.2) is 46.9 Å². The van der Waals surface area contributed by atoms with E-state index >= 15 is 0 Å². The van der Waals surface area contributed by atoms with Gasteiger partial charge in [-0.2, -0.15) is 0 Å². The molecule has 0 heterocycles. The van der Waals surface area contributed by atoms with Crippen molar-refractivity contribution in [2.75, 3.05) is 26.1 Å². The average Bonchev–Trinajstić information content (AvgIpc) is 2.53. The van der Waals surface area contributed by atoms with Crippen molar-refractivity contribution in [3.05, 3.63) is 52.5 Å². The molecule has 2 N–H and O–H groups in total. The number of hydrogen-bond acceptors (Lipinski definition) is 4. The van der Waals surface area contributed by atoms with E-state index in [0.717, 1.165) is 15.7 Å². The molecule has 0 radical (unpaired) electrons. The van der Waals surface area contributed by atoms with Gasteiger partial charge in [-0.25, -0.2) is 0 Å². The van der Waals surface area contributed by atoms with Gasteiger partial charge in [-0.3, -0.25) is 0 Å². The summed E-state index contributed by atoms with van der Waals surface area (Å²) in [5.74, 6) is 1.31. The molecule has 5 heteroatoms. The zero-order valence-electron chi connectivity index (χ0n) is 12.0. The number of aliphatic hydroxyl groups excluding tert-OH is 1. The van der Waals surface area contributed by atoms with E-state index in [1.807, 2.05) is 42.5 Å². The standard InChI is InChI=1S/C16H18BrNO3/c1-20-15-8-7-11(9-16(15)21-2)14(10-19)18-13-6-4-3-5-12(13)17/h3-9,14,18-19H,10H2,1-2H3. The Labute approximate surface area is 132 Å². The maximum atomic E-state index is 9.67. The van der Waals surface area contributed by atoms with Gasteiger partial charge in [0.25, 0.3) is 0 Å². The van der Waals surface area contributed by atoms with Crippen LogP contribution < -0.4 is 14.8 Å². The largest absolute Gasteiger partial charge is 0.493 e. The number of nitrogens with one attached hydrogen (secondary N) is 1. The quantitative estimate of drug-likeness (QED) is 0.834. The third kappa shape index (κ3) is 3.68. The van der Waals surface area contributed by atoms with Crippen LogP contribution in [0.2, 0.25) is 0 Å². The molecule has 0 saturated carbocycles. The molecule has 0 bridgehead atoms. The van der Waals surface area contributed by atoms with E-state index in [1.165, 1.54) is 0 Å². The second-order valence-corrected chi connectivity index (χ2v) is 5.33. The Kier molecular flexibility index (Phi) is 5.47. The summed E-state index contributed by atoms with van der Waals surface area (Å²) < 4.78 is 11.5. The van der Waals surface area contributed by atoms with Gasteiger partial charge in [-0.1, -0.05) is 18.2 Å². The minimum absolute atomic E-state index is 0.0309. The highest BCUT2D eigenvalue weighted by Gasteiger charge is 2.14. The number of para-hydroxylation sites is 1. The van der Waals surface area contributed by atoms with Gasteiger partial charge >= 0.3 is 0 Å². The topological polar surface area (TPSA) is 50.7 Å². The van der Waals surface area contributed by atoms with E-state index in [2.05, 4.69) is 21.2 Å². The second-order valence-electron chi connectivity index (χ2n) is 4.47. The fourth-order valence-electron chi connectivity index (χ4n) is 2.07. The maximum absolute atomic E-state index is 9.67. The highest BCUT2D eigenvalue weighted by molar-refractivity contribution is 9.10.